The van der Waals surface area contributed by atoms with Crippen LogP contribution in [-0.2, 0) is 16.1 Å². The topological polar surface area (TPSA) is 58.6 Å². The van der Waals surface area contributed by atoms with Gasteiger partial charge in [0.05, 0.1) is 13.2 Å². The molecule has 0 aliphatic carbocycles. The molecule has 148 valence electrons. The van der Waals surface area contributed by atoms with Gasteiger partial charge in [-0.15, -0.1) is 0 Å². The monoisotopic (exact) mass is 380 g/mol. The van der Waals surface area contributed by atoms with Gasteiger partial charge < -0.3 is 15.0 Å². The summed E-state index contributed by atoms with van der Waals surface area (Å²) in [6.45, 7) is 8.92. The number of amides is 2. The van der Waals surface area contributed by atoms with Crippen LogP contribution in [0.4, 0.5) is 5.69 Å². The number of benzene rings is 2. The molecule has 28 heavy (non-hydrogen) atoms. The summed E-state index contributed by atoms with van der Waals surface area (Å²) in [4.78, 5) is 26.3. The number of rotatable bonds is 7. The Hall–Kier alpha value is -2.82. The van der Waals surface area contributed by atoms with Crippen LogP contribution < -0.4 is 15.0 Å². The molecule has 0 spiro atoms. The smallest absolute Gasteiger partial charge is 0.254 e. The van der Waals surface area contributed by atoms with Crippen LogP contribution in [0.15, 0.2) is 42.5 Å². The Labute approximate surface area is 166 Å². The van der Waals surface area contributed by atoms with Gasteiger partial charge in [0.25, 0.3) is 5.91 Å². The third-order valence-corrected chi connectivity index (χ3v) is 4.87. The zero-order valence-electron chi connectivity index (χ0n) is 17.0. The fraction of sp³-hybridized carbons (Fsp3) is 0.391. The Morgan fingerprint density at radius 1 is 1.18 bits per heavy atom. The fourth-order valence-electron chi connectivity index (χ4n) is 3.35. The number of hydrogen-bond acceptors (Lipinski definition) is 3. The molecule has 2 aromatic rings. The van der Waals surface area contributed by atoms with Crippen molar-refractivity contribution in [1.82, 2.24) is 5.32 Å². The highest BCUT2D eigenvalue weighted by atomic mass is 16.5. The third kappa shape index (κ3) is 4.53. The highest BCUT2D eigenvalue weighted by molar-refractivity contribution is 6.06. The molecular weight excluding hydrogens is 352 g/mol. The normalized spacial score (nSPS) is 15.7. The minimum Gasteiger partial charge on any atom is -0.494 e. The summed E-state index contributed by atoms with van der Waals surface area (Å²) in [5, 5.41) is 2.78. The van der Waals surface area contributed by atoms with Crippen molar-refractivity contribution >= 4 is 17.5 Å². The van der Waals surface area contributed by atoms with Crippen LogP contribution in [0.2, 0.25) is 0 Å². The molecule has 1 aliphatic rings. The number of nitrogens with one attached hydrogen (secondary N) is 1. The maximum Gasteiger partial charge on any atom is 0.254 e. The largest absolute Gasteiger partial charge is 0.494 e. The Morgan fingerprint density at radius 2 is 1.89 bits per heavy atom. The van der Waals surface area contributed by atoms with Crippen LogP contribution >= 0.6 is 0 Å². The molecule has 3 rings (SSSR count). The first-order valence-electron chi connectivity index (χ1n) is 9.76. The summed E-state index contributed by atoms with van der Waals surface area (Å²) < 4.78 is 5.77. The van der Waals surface area contributed by atoms with E-state index in [0.29, 0.717) is 19.1 Å². The van der Waals surface area contributed by atoms with Crippen molar-refractivity contribution in [3.8, 4) is 5.75 Å². The molecule has 1 atom stereocenters. The molecule has 0 saturated carbocycles. The van der Waals surface area contributed by atoms with E-state index in [1.54, 1.807) is 4.90 Å². The van der Waals surface area contributed by atoms with E-state index in [1.807, 2.05) is 49.4 Å². The fourth-order valence-corrected chi connectivity index (χ4v) is 3.35. The van der Waals surface area contributed by atoms with Gasteiger partial charge in [-0.1, -0.05) is 43.7 Å². The lowest BCUT2D eigenvalue weighted by molar-refractivity contribution is -0.126. The van der Waals surface area contributed by atoms with Crippen molar-refractivity contribution in [3.63, 3.8) is 0 Å². The number of nitrogens with zero attached hydrogens (tertiary/aromatic N) is 1. The van der Waals surface area contributed by atoms with Gasteiger partial charge in [-0.05, 0) is 43.0 Å². The Bertz CT molecular complexity index is 859. The first-order chi connectivity index (χ1) is 13.3. The number of hydrogen-bond donors (Lipinski definition) is 1. The highest BCUT2D eigenvalue weighted by Crippen LogP contribution is 2.37. The molecule has 1 unspecified atom stereocenters. The Balaban J connectivity index is 1.75. The zero-order chi connectivity index (χ0) is 20.3. The van der Waals surface area contributed by atoms with E-state index in [0.717, 1.165) is 34.5 Å². The van der Waals surface area contributed by atoms with E-state index in [2.05, 4.69) is 19.2 Å². The van der Waals surface area contributed by atoms with Crippen molar-refractivity contribution in [2.24, 2.45) is 5.92 Å². The van der Waals surface area contributed by atoms with Crippen LogP contribution in [0, 0.1) is 12.8 Å². The van der Waals surface area contributed by atoms with Crippen LogP contribution in [-0.4, -0.2) is 18.4 Å². The van der Waals surface area contributed by atoms with Crippen molar-refractivity contribution in [2.75, 3.05) is 11.5 Å². The number of fused-ring (bicyclic) bond motifs is 1. The quantitative estimate of drug-likeness (QED) is 0.785. The molecule has 0 radical (unpaired) electrons. The zero-order valence-corrected chi connectivity index (χ0v) is 17.0. The number of anilines is 1. The summed E-state index contributed by atoms with van der Waals surface area (Å²) in [6.07, 6.45) is 1.02. The van der Waals surface area contributed by atoms with Crippen LogP contribution in [0.5, 0.6) is 5.75 Å². The summed E-state index contributed by atoms with van der Waals surface area (Å²) in [5.41, 5.74) is 3.78. The van der Waals surface area contributed by atoms with Crippen LogP contribution in [0.25, 0.3) is 0 Å². The Kier molecular flexibility index (Phi) is 6.02. The van der Waals surface area contributed by atoms with Crippen LogP contribution in [0.1, 0.15) is 49.9 Å². The lowest BCUT2D eigenvalue weighted by Crippen LogP contribution is -2.36. The molecule has 0 saturated heterocycles. The molecule has 1 N–H and O–H groups in total. The summed E-state index contributed by atoms with van der Waals surface area (Å²) in [5.74, 6) is 1.13. The molecule has 0 aromatic heterocycles. The Morgan fingerprint density at radius 3 is 2.54 bits per heavy atom. The lowest BCUT2D eigenvalue weighted by Gasteiger charge is -2.18. The van der Waals surface area contributed by atoms with Gasteiger partial charge in [-0.2, -0.15) is 0 Å². The SMILES string of the molecule is CC(=O)NC1C(=O)N(Cc2ccc(OCCC(C)C)cc2)c2ccc(C)cc21. The second-order valence-corrected chi connectivity index (χ2v) is 7.80. The van der Waals surface area contributed by atoms with Crippen molar-refractivity contribution < 1.29 is 14.3 Å². The number of aryl methyl sites for hydroxylation is 1. The molecule has 0 fully saturated rings. The van der Waals surface area contributed by atoms with Gasteiger partial charge in [0.15, 0.2) is 0 Å². The highest BCUT2D eigenvalue weighted by Gasteiger charge is 2.37. The average molecular weight is 380 g/mol. The second-order valence-electron chi connectivity index (χ2n) is 7.80. The standard InChI is InChI=1S/C23H28N2O3/c1-15(2)11-12-28-19-8-6-18(7-9-19)14-25-21-10-5-16(3)13-20(21)22(23(25)27)24-17(4)26/h5-10,13,15,22H,11-12,14H2,1-4H3,(H,24,26). The van der Waals surface area contributed by atoms with Gasteiger partial charge in [0.2, 0.25) is 5.91 Å². The first-order valence-corrected chi connectivity index (χ1v) is 9.76. The molecule has 1 aliphatic heterocycles. The first kappa shape index (κ1) is 19.9. The number of ether oxygens (including phenoxy) is 1. The average Bonchev–Trinajstić information content (AvgIpc) is 2.87. The number of carbonyl (C=O) groups is 2. The second kappa shape index (κ2) is 8.46. The van der Waals surface area contributed by atoms with E-state index in [-0.39, 0.29) is 11.8 Å². The predicted octanol–water partition coefficient (Wildman–Crippen LogP) is 4.14. The minimum atomic E-state index is -0.619. The van der Waals surface area contributed by atoms with Gasteiger partial charge in [-0.25, -0.2) is 0 Å². The van der Waals surface area contributed by atoms with E-state index < -0.39 is 6.04 Å². The molecule has 2 aromatic carbocycles. The molecule has 5 nitrogen and oxygen atoms in total. The molecule has 0 bridgehead atoms. The van der Waals surface area contributed by atoms with Gasteiger partial charge in [0.1, 0.15) is 11.8 Å². The maximum absolute atomic E-state index is 13.0. The molecular formula is C23H28N2O3. The minimum absolute atomic E-state index is 0.104. The molecule has 2 amide bonds. The van der Waals surface area contributed by atoms with Gasteiger partial charge in [-0.3, -0.25) is 9.59 Å². The summed E-state index contributed by atoms with van der Waals surface area (Å²) in [6, 6.07) is 13.1. The van der Waals surface area contributed by atoms with Crippen molar-refractivity contribution in [3.05, 3.63) is 59.2 Å². The van der Waals surface area contributed by atoms with Gasteiger partial charge in [0, 0.05) is 18.2 Å². The molecule has 5 heteroatoms. The summed E-state index contributed by atoms with van der Waals surface area (Å²) in [7, 11) is 0. The van der Waals surface area contributed by atoms with E-state index >= 15 is 0 Å². The molecule has 1 heterocycles. The number of carbonyl (C=O) groups excluding carboxylic acids is 2. The lowest BCUT2D eigenvalue weighted by atomic mass is 10.1. The van der Waals surface area contributed by atoms with Crippen molar-refractivity contribution in [1.29, 1.82) is 0 Å². The van der Waals surface area contributed by atoms with E-state index in [9.17, 15) is 9.59 Å². The summed E-state index contributed by atoms with van der Waals surface area (Å²) >= 11 is 0. The van der Waals surface area contributed by atoms with Gasteiger partial charge >= 0.3 is 0 Å². The van der Waals surface area contributed by atoms with Crippen molar-refractivity contribution in [2.45, 2.75) is 46.7 Å². The van der Waals surface area contributed by atoms with E-state index in [4.69, 9.17) is 4.74 Å². The van der Waals surface area contributed by atoms with E-state index in [1.165, 1.54) is 6.92 Å². The maximum atomic E-state index is 13.0. The third-order valence-electron chi connectivity index (χ3n) is 4.87. The predicted molar refractivity (Wildman–Crippen MR) is 110 cm³/mol. The van der Waals surface area contributed by atoms with Crippen LogP contribution in [0.3, 0.4) is 0 Å².